The fraction of sp³-hybridized carbons (Fsp3) is 0.250. The Morgan fingerprint density at radius 1 is 1.15 bits per heavy atom. The summed E-state index contributed by atoms with van der Waals surface area (Å²) in [4.78, 5) is 12.6. The second-order valence-electron chi connectivity index (χ2n) is 6.22. The van der Waals surface area contributed by atoms with Crippen LogP contribution in [0.4, 0.5) is 0 Å². The zero-order valence-electron chi connectivity index (χ0n) is 15.1. The van der Waals surface area contributed by atoms with Gasteiger partial charge in [0.05, 0.1) is 23.1 Å². The van der Waals surface area contributed by atoms with Gasteiger partial charge < -0.3 is 4.74 Å². The predicted molar refractivity (Wildman–Crippen MR) is 104 cm³/mol. The van der Waals surface area contributed by atoms with E-state index >= 15 is 0 Å². The molecule has 0 bridgehead atoms. The second kappa shape index (κ2) is 7.84. The number of aryl methyl sites for hydroxylation is 1. The number of nitrogens with zero attached hydrogens (tertiary/aromatic N) is 1. The average Bonchev–Trinajstić information content (AvgIpc) is 3.09. The third kappa shape index (κ3) is 3.93. The van der Waals surface area contributed by atoms with Crippen molar-refractivity contribution >= 4 is 27.6 Å². The van der Waals surface area contributed by atoms with E-state index in [0.29, 0.717) is 16.2 Å². The first-order chi connectivity index (χ1) is 12.8. The Bertz CT molecular complexity index is 966. The molecule has 1 atom stereocenters. The van der Waals surface area contributed by atoms with Gasteiger partial charge in [-0.1, -0.05) is 47.5 Å². The lowest BCUT2D eigenvalue weighted by Gasteiger charge is -2.26. The maximum absolute atomic E-state index is 13.2. The summed E-state index contributed by atoms with van der Waals surface area (Å²) in [6.45, 7) is 3.92. The van der Waals surface area contributed by atoms with E-state index in [-0.39, 0.29) is 18.0 Å². The van der Waals surface area contributed by atoms with Gasteiger partial charge in [0.25, 0.3) is 0 Å². The lowest BCUT2D eigenvalue weighted by Crippen LogP contribution is -2.33. The third-order valence-corrected chi connectivity index (χ3v) is 6.50. The van der Waals surface area contributed by atoms with Crippen molar-refractivity contribution < 1.29 is 17.9 Å². The second-order valence-corrected chi connectivity index (χ2v) is 8.55. The number of carbonyl (C=O) groups is 1. The molecule has 2 aromatic rings. The van der Waals surface area contributed by atoms with Crippen molar-refractivity contribution in [3.63, 3.8) is 0 Å². The Hall–Kier alpha value is -2.15. The summed E-state index contributed by atoms with van der Waals surface area (Å²) in [5, 5.41) is 0.534. The standard InChI is InChI=1S/C20H20ClNO4S/c1-3-26-20(23)18-12-13-22(19(18)15-6-8-16(21)9-7-15)27(24,25)17-10-4-14(2)5-11-17/h4-12,19H,3,13H2,1-2H3/t19-/m1/s1. The van der Waals surface area contributed by atoms with E-state index in [1.807, 2.05) is 6.92 Å². The molecule has 3 rings (SSSR count). The predicted octanol–water partition coefficient (Wildman–Crippen LogP) is 3.88. The van der Waals surface area contributed by atoms with E-state index in [0.717, 1.165) is 5.56 Å². The highest BCUT2D eigenvalue weighted by Crippen LogP contribution is 2.38. The largest absolute Gasteiger partial charge is 0.463 e. The van der Waals surface area contributed by atoms with E-state index in [9.17, 15) is 13.2 Å². The van der Waals surface area contributed by atoms with Gasteiger partial charge in [-0.2, -0.15) is 4.31 Å². The van der Waals surface area contributed by atoms with Crippen LogP contribution in [0.2, 0.25) is 5.02 Å². The van der Waals surface area contributed by atoms with Crippen LogP contribution < -0.4 is 0 Å². The summed E-state index contributed by atoms with van der Waals surface area (Å²) in [5.74, 6) is -0.515. The normalized spacial score (nSPS) is 17.6. The number of hydrogen-bond acceptors (Lipinski definition) is 4. The summed E-state index contributed by atoms with van der Waals surface area (Å²) >= 11 is 5.97. The van der Waals surface area contributed by atoms with E-state index in [1.165, 1.54) is 4.31 Å². The van der Waals surface area contributed by atoms with Crippen LogP contribution in [0.3, 0.4) is 0 Å². The van der Waals surface area contributed by atoms with Gasteiger partial charge in [-0.05, 0) is 43.7 Å². The van der Waals surface area contributed by atoms with Gasteiger partial charge in [0.2, 0.25) is 10.0 Å². The number of benzene rings is 2. The first kappa shape index (κ1) is 19.6. The number of esters is 1. The van der Waals surface area contributed by atoms with Crippen molar-refractivity contribution in [1.29, 1.82) is 0 Å². The fourth-order valence-electron chi connectivity index (χ4n) is 3.04. The molecular formula is C20H20ClNO4S. The van der Waals surface area contributed by atoms with Crippen molar-refractivity contribution in [2.75, 3.05) is 13.2 Å². The third-order valence-electron chi connectivity index (χ3n) is 4.40. The van der Waals surface area contributed by atoms with Crippen molar-refractivity contribution in [3.8, 4) is 0 Å². The maximum atomic E-state index is 13.2. The first-order valence-corrected chi connectivity index (χ1v) is 10.4. The molecular weight excluding hydrogens is 386 g/mol. The number of carbonyl (C=O) groups excluding carboxylic acids is 1. The van der Waals surface area contributed by atoms with Gasteiger partial charge in [-0.3, -0.25) is 0 Å². The molecule has 2 aromatic carbocycles. The quantitative estimate of drug-likeness (QED) is 0.708. The van der Waals surface area contributed by atoms with Crippen molar-refractivity contribution in [2.45, 2.75) is 24.8 Å². The van der Waals surface area contributed by atoms with Crippen LogP contribution in [0.1, 0.15) is 24.1 Å². The molecule has 0 aromatic heterocycles. The van der Waals surface area contributed by atoms with Gasteiger partial charge in [0.1, 0.15) is 0 Å². The molecule has 0 spiro atoms. The van der Waals surface area contributed by atoms with Crippen molar-refractivity contribution in [1.82, 2.24) is 4.31 Å². The summed E-state index contributed by atoms with van der Waals surface area (Å²) in [5.41, 5.74) is 1.94. The molecule has 0 N–H and O–H groups in total. The lowest BCUT2D eigenvalue weighted by molar-refractivity contribution is -0.138. The lowest BCUT2D eigenvalue weighted by atomic mass is 10.0. The molecule has 1 heterocycles. The van der Waals surface area contributed by atoms with E-state index < -0.39 is 22.0 Å². The Labute approximate surface area is 164 Å². The molecule has 27 heavy (non-hydrogen) atoms. The van der Waals surface area contributed by atoms with E-state index in [4.69, 9.17) is 16.3 Å². The number of hydrogen-bond donors (Lipinski definition) is 0. The summed E-state index contributed by atoms with van der Waals surface area (Å²) in [7, 11) is -3.80. The number of rotatable bonds is 5. The van der Waals surface area contributed by atoms with Gasteiger partial charge in [-0.25, -0.2) is 13.2 Å². The highest BCUT2D eigenvalue weighted by atomic mass is 35.5. The Morgan fingerprint density at radius 2 is 1.78 bits per heavy atom. The maximum Gasteiger partial charge on any atom is 0.335 e. The molecule has 0 unspecified atom stereocenters. The highest BCUT2D eigenvalue weighted by molar-refractivity contribution is 7.89. The van der Waals surface area contributed by atoms with Crippen LogP contribution in [0, 0.1) is 6.92 Å². The number of ether oxygens (including phenoxy) is 1. The highest BCUT2D eigenvalue weighted by Gasteiger charge is 2.40. The molecule has 0 saturated heterocycles. The van der Waals surface area contributed by atoms with E-state index in [2.05, 4.69) is 0 Å². The Morgan fingerprint density at radius 3 is 2.37 bits per heavy atom. The van der Waals surface area contributed by atoms with Gasteiger partial charge in [0, 0.05) is 11.6 Å². The molecule has 1 aliphatic rings. The summed E-state index contributed by atoms with van der Waals surface area (Å²) in [6.07, 6.45) is 1.61. The van der Waals surface area contributed by atoms with Gasteiger partial charge in [-0.15, -0.1) is 0 Å². The smallest absolute Gasteiger partial charge is 0.335 e. The fourth-order valence-corrected chi connectivity index (χ4v) is 4.70. The molecule has 0 saturated carbocycles. The zero-order chi connectivity index (χ0) is 19.6. The van der Waals surface area contributed by atoms with E-state index in [1.54, 1.807) is 61.5 Å². The van der Waals surface area contributed by atoms with Crippen molar-refractivity contribution in [2.24, 2.45) is 0 Å². The van der Waals surface area contributed by atoms with Crippen LogP contribution >= 0.6 is 11.6 Å². The van der Waals surface area contributed by atoms with Gasteiger partial charge >= 0.3 is 5.97 Å². The summed E-state index contributed by atoms with van der Waals surface area (Å²) in [6, 6.07) is 12.7. The van der Waals surface area contributed by atoms with Crippen LogP contribution in [-0.2, 0) is 19.6 Å². The summed E-state index contributed by atoms with van der Waals surface area (Å²) < 4.78 is 32.9. The molecule has 0 amide bonds. The van der Waals surface area contributed by atoms with Crippen LogP contribution in [0.15, 0.2) is 65.1 Å². The topological polar surface area (TPSA) is 63.7 Å². The van der Waals surface area contributed by atoms with Crippen molar-refractivity contribution in [3.05, 3.63) is 76.3 Å². The zero-order valence-corrected chi connectivity index (χ0v) is 16.6. The van der Waals surface area contributed by atoms with Gasteiger partial charge in [0.15, 0.2) is 0 Å². The first-order valence-electron chi connectivity index (χ1n) is 8.55. The number of sulfonamides is 1. The minimum absolute atomic E-state index is 0.0949. The monoisotopic (exact) mass is 405 g/mol. The minimum Gasteiger partial charge on any atom is -0.463 e. The molecule has 0 radical (unpaired) electrons. The SMILES string of the molecule is CCOC(=O)C1=CCN(S(=O)(=O)c2ccc(C)cc2)[C@@H]1c1ccc(Cl)cc1. The number of halogens is 1. The Kier molecular flexibility index (Phi) is 5.69. The van der Waals surface area contributed by atoms with Crippen LogP contribution in [0.25, 0.3) is 0 Å². The molecule has 1 aliphatic heterocycles. The average molecular weight is 406 g/mol. The molecule has 0 fully saturated rings. The van der Waals surface area contributed by atoms with Crippen LogP contribution in [0.5, 0.6) is 0 Å². The van der Waals surface area contributed by atoms with Crippen LogP contribution in [-0.4, -0.2) is 31.8 Å². The Balaban J connectivity index is 2.05. The minimum atomic E-state index is -3.80. The molecule has 0 aliphatic carbocycles. The molecule has 7 heteroatoms. The molecule has 142 valence electrons. The molecule has 5 nitrogen and oxygen atoms in total.